The van der Waals surface area contributed by atoms with Gasteiger partial charge in [0.1, 0.15) is 5.78 Å². The highest BCUT2D eigenvalue weighted by atomic mass is 16.2. The molecule has 16 heavy (non-hydrogen) atoms. The van der Waals surface area contributed by atoms with Crippen LogP contribution in [-0.2, 0) is 23.1 Å². The first-order valence-electron chi connectivity index (χ1n) is 5.32. The maximum atomic E-state index is 11.3. The smallest absolute Gasteiger partial charge is 0.220 e. The van der Waals surface area contributed by atoms with E-state index in [9.17, 15) is 9.59 Å². The fourth-order valence-electron chi connectivity index (χ4n) is 1.35. The average Bonchev–Trinajstić information content (AvgIpc) is 2.61. The average molecular weight is 223 g/mol. The van der Waals surface area contributed by atoms with Crippen LogP contribution in [0.2, 0.25) is 0 Å². The van der Waals surface area contributed by atoms with Crippen molar-refractivity contribution >= 4 is 11.7 Å². The Morgan fingerprint density at radius 3 is 2.75 bits per heavy atom. The molecular weight excluding hydrogens is 206 g/mol. The second-order valence-electron chi connectivity index (χ2n) is 3.75. The zero-order valence-electron chi connectivity index (χ0n) is 9.69. The minimum absolute atomic E-state index is 0.0433. The summed E-state index contributed by atoms with van der Waals surface area (Å²) in [7, 11) is 1.87. The Labute approximate surface area is 94.8 Å². The second kappa shape index (κ2) is 6.05. The molecule has 5 heteroatoms. The first-order valence-corrected chi connectivity index (χ1v) is 5.32. The van der Waals surface area contributed by atoms with Gasteiger partial charge in [0.15, 0.2) is 0 Å². The number of aryl methyl sites for hydroxylation is 1. The highest BCUT2D eigenvalue weighted by Gasteiger charge is 2.03. The molecule has 1 aromatic heterocycles. The molecule has 0 unspecified atom stereocenters. The molecule has 0 aromatic carbocycles. The number of hydrogen-bond donors (Lipinski definition) is 1. The monoisotopic (exact) mass is 223 g/mol. The highest BCUT2D eigenvalue weighted by molar-refractivity contribution is 5.83. The van der Waals surface area contributed by atoms with E-state index in [0.29, 0.717) is 13.0 Å². The SMILES string of the molecule is CC(=O)CCC(=O)NCCc1ccnn1C. The summed E-state index contributed by atoms with van der Waals surface area (Å²) in [6.07, 6.45) is 3.08. The number of nitrogens with one attached hydrogen (secondary N) is 1. The Hall–Kier alpha value is -1.65. The molecule has 0 aliphatic rings. The van der Waals surface area contributed by atoms with E-state index in [2.05, 4.69) is 10.4 Å². The molecule has 1 aromatic rings. The van der Waals surface area contributed by atoms with Crippen molar-refractivity contribution in [2.75, 3.05) is 6.54 Å². The van der Waals surface area contributed by atoms with E-state index in [-0.39, 0.29) is 18.1 Å². The van der Waals surface area contributed by atoms with Crippen LogP contribution in [0.15, 0.2) is 12.3 Å². The summed E-state index contributed by atoms with van der Waals surface area (Å²) in [5.41, 5.74) is 1.08. The van der Waals surface area contributed by atoms with Gasteiger partial charge in [-0.1, -0.05) is 0 Å². The van der Waals surface area contributed by atoms with Crippen LogP contribution in [-0.4, -0.2) is 28.0 Å². The van der Waals surface area contributed by atoms with Gasteiger partial charge < -0.3 is 10.1 Å². The lowest BCUT2D eigenvalue weighted by Gasteiger charge is -2.04. The summed E-state index contributed by atoms with van der Waals surface area (Å²) in [6.45, 7) is 2.07. The van der Waals surface area contributed by atoms with E-state index in [0.717, 1.165) is 12.1 Å². The molecule has 0 saturated heterocycles. The van der Waals surface area contributed by atoms with Crippen molar-refractivity contribution in [2.24, 2.45) is 7.05 Å². The maximum Gasteiger partial charge on any atom is 0.220 e. The van der Waals surface area contributed by atoms with Gasteiger partial charge in [-0.3, -0.25) is 9.48 Å². The molecule has 0 aliphatic carbocycles. The zero-order valence-corrected chi connectivity index (χ0v) is 9.69. The molecular formula is C11H17N3O2. The largest absolute Gasteiger partial charge is 0.356 e. The third-order valence-electron chi connectivity index (χ3n) is 2.33. The highest BCUT2D eigenvalue weighted by Crippen LogP contribution is 1.96. The fraction of sp³-hybridized carbons (Fsp3) is 0.545. The number of hydrogen-bond acceptors (Lipinski definition) is 3. The molecule has 1 amide bonds. The van der Waals surface area contributed by atoms with E-state index in [1.165, 1.54) is 6.92 Å². The lowest BCUT2D eigenvalue weighted by molar-refractivity contribution is -0.124. The van der Waals surface area contributed by atoms with Crippen molar-refractivity contribution in [3.63, 3.8) is 0 Å². The minimum atomic E-state index is -0.0719. The van der Waals surface area contributed by atoms with Gasteiger partial charge in [-0.15, -0.1) is 0 Å². The topological polar surface area (TPSA) is 64.0 Å². The Bertz CT molecular complexity index is 371. The predicted octanol–water partition coefficient (Wildman–Crippen LogP) is 0.448. The molecule has 0 saturated carbocycles. The summed E-state index contributed by atoms with van der Waals surface area (Å²) >= 11 is 0. The molecule has 0 bridgehead atoms. The van der Waals surface area contributed by atoms with Crippen LogP contribution >= 0.6 is 0 Å². The van der Waals surface area contributed by atoms with Gasteiger partial charge in [-0.05, 0) is 13.0 Å². The van der Waals surface area contributed by atoms with Gasteiger partial charge in [0, 0.05) is 44.7 Å². The summed E-state index contributed by atoms with van der Waals surface area (Å²) in [4.78, 5) is 21.9. The summed E-state index contributed by atoms with van der Waals surface area (Å²) in [6, 6.07) is 1.92. The molecule has 0 aliphatic heterocycles. The number of ketones is 1. The van der Waals surface area contributed by atoms with Crippen LogP contribution in [0.5, 0.6) is 0 Å². The molecule has 0 radical (unpaired) electrons. The van der Waals surface area contributed by atoms with Crippen LogP contribution in [0, 0.1) is 0 Å². The second-order valence-corrected chi connectivity index (χ2v) is 3.75. The number of carbonyl (C=O) groups excluding carboxylic acids is 2. The molecule has 1 N–H and O–H groups in total. The van der Waals surface area contributed by atoms with E-state index in [4.69, 9.17) is 0 Å². The van der Waals surface area contributed by atoms with Gasteiger partial charge in [-0.25, -0.2) is 0 Å². The molecule has 5 nitrogen and oxygen atoms in total. The Balaban J connectivity index is 2.18. The third kappa shape index (κ3) is 4.25. The first-order chi connectivity index (χ1) is 7.59. The van der Waals surface area contributed by atoms with Gasteiger partial charge in [0.25, 0.3) is 0 Å². The predicted molar refractivity (Wildman–Crippen MR) is 59.8 cm³/mol. The van der Waals surface area contributed by atoms with Gasteiger partial charge in [-0.2, -0.15) is 5.10 Å². The first kappa shape index (κ1) is 12.4. The van der Waals surface area contributed by atoms with E-state index >= 15 is 0 Å². The Kier molecular flexibility index (Phi) is 4.69. The summed E-state index contributed by atoms with van der Waals surface area (Å²) in [5, 5.41) is 6.80. The van der Waals surface area contributed by atoms with Crippen molar-refractivity contribution in [1.29, 1.82) is 0 Å². The van der Waals surface area contributed by atoms with E-state index in [1.54, 1.807) is 10.9 Å². The molecule has 0 fully saturated rings. The van der Waals surface area contributed by atoms with Gasteiger partial charge in [0.05, 0.1) is 0 Å². The van der Waals surface area contributed by atoms with E-state index in [1.807, 2.05) is 13.1 Å². The molecule has 0 atom stereocenters. The minimum Gasteiger partial charge on any atom is -0.356 e. The Morgan fingerprint density at radius 2 is 2.19 bits per heavy atom. The van der Waals surface area contributed by atoms with Crippen LogP contribution in [0.25, 0.3) is 0 Å². The maximum absolute atomic E-state index is 11.3. The van der Waals surface area contributed by atoms with Crippen molar-refractivity contribution < 1.29 is 9.59 Å². The normalized spacial score (nSPS) is 10.1. The van der Waals surface area contributed by atoms with Crippen LogP contribution < -0.4 is 5.32 Å². The number of aromatic nitrogens is 2. The van der Waals surface area contributed by atoms with Crippen LogP contribution in [0.1, 0.15) is 25.5 Å². The standard InChI is InChI=1S/C11H17N3O2/c1-9(15)3-4-11(16)12-7-5-10-6-8-13-14(10)2/h6,8H,3-5,7H2,1-2H3,(H,12,16). The van der Waals surface area contributed by atoms with Crippen molar-refractivity contribution in [3.05, 3.63) is 18.0 Å². The summed E-state index contributed by atoms with van der Waals surface area (Å²) in [5.74, 6) is -0.0286. The Morgan fingerprint density at radius 1 is 1.44 bits per heavy atom. The van der Waals surface area contributed by atoms with Crippen LogP contribution in [0.4, 0.5) is 0 Å². The molecule has 1 heterocycles. The zero-order chi connectivity index (χ0) is 12.0. The lowest BCUT2D eigenvalue weighted by atomic mass is 10.2. The van der Waals surface area contributed by atoms with Crippen molar-refractivity contribution in [3.8, 4) is 0 Å². The van der Waals surface area contributed by atoms with Gasteiger partial charge >= 0.3 is 0 Å². The quantitative estimate of drug-likeness (QED) is 0.761. The number of rotatable bonds is 6. The number of amides is 1. The molecule has 0 spiro atoms. The number of carbonyl (C=O) groups is 2. The van der Waals surface area contributed by atoms with Crippen molar-refractivity contribution in [1.82, 2.24) is 15.1 Å². The molecule has 88 valence electrons. The van der Waals surface area contributed by atoms with Crippen molar-refractivity contribution in [2.45, 2.75) is 26.2 Å². The van der Waals surface area contributed by atoms with E-state index < -0.39 is 0 Å². The van der Waals surface area contributed by atoms with Gasteiger partial charge in [0.2, 0.25) is 5.91 Å². The third-order valence-corrected chi connectivity index (χ3v) is 2.33. The number of Topliss-reactive ketones (excluding diaryl/α,β-unsaturated/α-hetero) is 1. The lowest BCUT2D eigenvalue weighted by Crippen LogP contribution is -2.26. The fourth-order valence-corrected chi connectivity index (χ4v) is 1.35. The van der Waals surface area contributed by atoms with Crippen LogP contribution in [0.3, 0.4) is 0 Å². The number of nitrogens with zero attached hydrogens (tertiary/aromatic N) is 2. The summed E-state index contributed by atoms with van der Waals surface area (Å²) < 4.78 is 1.78. The molecule has 1 rings (SSSR count).